The maximum absolute atomic E-state index is 9.69. The summed E-state index contributed by atoms with van der Waals surface area (Å²) in [5.41, 5.74) is 4.99. The second kappa shape index (κ2) is 5.57. The molecule has 2 aromatic carbocycles. The van der Waals surface area contributed by atoms with E-state index >= 15 is 0 Å². The van der Waals surface area contributed by atoms with Crippen LogP contribution in [0.2, 0.25) is 0 Å². The Kier molecular flexibility index (Phi) is 3.40. The Morgan fingerprint density at radius 2 is 1.87 bits per heavy atom. The van der Waals surface area contributed by atoms with Gasteiger partial charge in [-0.05, 0) is 24.1 Å². The normalized spacial score (nSPS) is 21.0. The van der Waals surface area contributed by atoms with Crippen LogP contribution in [-0.2, 0) is 13.0 Å². The van der Waals surface area contributed by atoms with E-state index < -0.39 is 0 Å². The summed E-state index contributed by atoms with van der Waals surface area (Å²) in [7, 11) is 0. The molecule has 0 bridgehead atoms. The molecule has 3 aromatic rings. The molecule has 1 aliphatic rings. The smallest absolute Gasteiger partial charge is 0.103 e. The van der Waals surface area contributed by atoms with E-state index in [0.29, 0.717) is 0 Å². The van der Waals surface area contributed by atoms with Gasteiger partial charge in [-0.15, -0.1) is 0 Å². The number of aromatic amines is 1. The number of rotatable bonds is 2. The van der Waals surface area contributed by atoms with Crippen LogP contribution in [0.15, 0.2) is 54.6 Å². The molecule has 2 heterocycles. The lowest BCUT2D eigenvalue weighted by Gasteiger charge is -2.37. The third-order valence-electron chi connectivity index (χ3n) is 4.92. The molecule has 1 N–H and O–H groups in total. The van der Waals surface area contributed by atoms with Crippen molar-refractivity contribution in [3.05, 3.63) is 71.4 Å². The molecule has 3 heteroatoms. The predicted molar refractivity (Wildman–Crippen MR) is 91.8 cm³/mol. The zero-order valence-electron chi connectivity index (χ0n) is 13.2. The van der Waals surface area contributed by atoms with Crippen molar-refractivity contribution in [1.82, 2.24) is 9.88 Å². The average molecular weight is 301 g/mol. The van der Waals surface area contributed by atoms with Gasteiger partial charge in [0.2, 0.25) is 0 Å². The Morgan fingerprint density at radius 1 is 1.13 bits per heavy atom. The first kappa shape index (κ1) is 14.0. The first-order chi connectivity index (χ1) is 11.3. The number of H-pyrrole nitrogens is 1. The molecule has 0 unspecified atom stereocenters. The van der Waals surface area contributed by atoms with Crippen molar-refractivity contribution in [3.63, 3.8) is 0 Å². The maximum Gasteiger partial charge on any atom is 0.103 e. The van der Waals surface area contributed by atoms with Crippen LogP contribution in [-0.4, -0.2) is 15.9 Å². The largest absolute Gasteiger partial charge is 0.357 e. The molecule has 2 atom stereocenters. The highest BCUT2D eigenvalue weighted by Gasteiger charge is 2.34. The zero-order chi connectivity index (χ0) is 15.8. The van der Waals surface area contributed by atoms with Crippen molar-refractivity contribution in [2.45, 2.75) is 32.0 Å². The molecule has 0 saturated heterocycles. The Morgan fingerprint density at radius 3 is 2.65 bits per heavy atom. The molecule has 0 saturated carbocycles. The summed E-state index contributed by atoms with van der Waals surface area (Å²) in [5, 5.41) is 10.9. The van der Waals surface area contributed by atoms with Gasteiger partial charge in [0.25, 0.3) is 0 Å². The molecule has 23 heavy (non-hydrogen) atoms. The lowest BCUT2D eigenvalue weighted by atomic mass is 9.92. The molecule has 114 valence electrons. The number of aromatic nitrogens is 1. The number of para-hydroxylation sites is 1. The Hall–Kier alpha value is -2.57. The van der Waals surface area contributed by atoms with Crippen LogP contribution < -0.4 is 0 Å². The molecule has 4 rings (SSSR count). The SMILES string of the molecule is C[C@H]1c2[nH]c3ccccc3c2C[C@@H](C#N)N1Cc1ccccc1. The second-order valence-corrected chi connectivity index (χ2v) is 6.25. The van der Waals surface area contributed by atoms with Gasteiger partial charge in [0.1, 0.15) is 6.04 Å². The summed E-state index contributed by atoms with van der Waals surface area (Å²) in [6.45, 7) is 3.00. The summed E-state index contributed by atoms with van der Waals surface area (Å²) in [6.07, 6.45) is 0.785. The zero-order valence-corrected chi connectivity index (χ0v) is 13.2. The Bertz CT molecular complexity index is 873. The van der Waals surface area contributed by atoms with Crippen LogP contribution in [0.4, 0.5) is 0 Å². The first-order valence-corrected chi connectivity index (χ1v) is 8.06. The van der Waals surface area contributed by atoms with Crippen molar-refractivity contribution < 1.29 is 0 Å². The van der Waals surface area contributed by atoms with E-state index in [1.807, 2.05) is 6.07 Å². The number of nitriles is 1. The van der Waals surface area contributed by atoms with Crippen LogP contribution >= 0.6 is 0 Å². The van der Waals surface area contributed by atoms with Crippen molar-refractivity contribution in [2.75, 3.05) is 0 Å². The number of hydrogen-bond acceptors (Lipinski definition) is 2. The summed E-state index contributed by atoms with van der Waals surface area (Å²) >= 11 is 0. The molecule has 0 radical (unpaired) electrons. The van der Waals surface area contributed by atoms with Crippen molar-refractivity contribution in [1.29, 1.82) is 5.26 Å². The van der Waals surface area contributed by atoms with E-state index in [2.05, 4.69) is 71.4 Å². The van der Waals surface area contributed by atoms with E-state index in [9.17, 15) is 5.26 Å². The minimum atomic E-state index is -0.0862. The van der Waals surface area contributed by atoms with E-state index in [1.165, 1.54) is 27.7 Å². The standard InChI is InChI=1S/C20H19N3/c1-14-20-18(17-9-5-6-10-19(17)22-20)11-16(12-21)23(14)13-15-7-3-2-4-8-15/h2-10,14,16,22H,11,13H2,1H3/t14-,16-/m0/s1. The molecular formula is C20H19N3. The summed E-state index contributed by atoms with van der Waals surface area (Å²) in [4.78, 5) is 5.87. The monoisotopic (exact) mass is 301 g/mol. The summed E-state index contributed by atoms with van der Waals surface area (Å²) < 4.78 is 0. The highest BCUT2D eigenvalue weighted by molar-refractivity contribution is 5.85. The lowest BCUT2D eigenvalue weighted by molar-refractivity contribution is 0.148. The quantitative estimate of drug-likeness (QED) is 0.771. The van der Waals surface area contributed by atoms with Crippen LogP contribution in [0.5, 0.6) is 0 Å². The number of nitrogens with one attached hydrogen (secondary N) is 1. The van der Waals surface area contributed by atoms with Crippen molar-refractivity contribution >= 4 is 10.9 Å². The molecule has 3 nitrogen and oxygen atoms in total. The first-order valence-electron chi connectivity index (χ1n) is 8.06. The molecule has 0 amide bonds. The average Bonchev–Trinajstić information content (AvgIpc) is 2.97. The minimum Gasteiger partial charge on any atom is -0.357 e. The van der Waals surface area contributed by atoms with Gasteiger partial charge in [-0.25, -0.2) is 0 Å². The van der Waals surface area contributed by atoms with Gasteiger partial charge in [0, 0.05) is 35.6 Å². The Labute approximate surface area is 136 Å². The molecule has 0 spiro atoms. The third-order valence-corrected chi connectivity index (χ3v) is 4.92. The molecular weight excluding hydrogens is 282 g/mol. The fourth-order valence-corrected chi connectivity index (χ4v) is 3.70. The van der Waals surface area contributed by atoms with Crippen LogP contribution in [0.25, 0.3) is 10.9 Å². The highest BCUT2D eigenvalue weighted by atomic mass is 15.2. The van der Waals surface area contributed by atoms with Crippen LogP contribution in [0, 0.1) is 11.3 Å². The van der Waals surface area contributed by atoms with Crippen molar-refractivity contribution in [2.24, 2.45) is 0 Å². The van der Waals surface area contributed by atoms with E-state index in [4.69, 9.17) is 0 Å². The van der Waals surface area contributed by atoms with Crippen LogP contribution in [0.3, 0.4) is 0 Å². The third kappa shape index (κ3) is 2.32. The van der Waals surface area contributed by atoms with E-state index in [1.54, 1.807) is 0 Å². The minimum absolute atomic E-state index is 0.0862. The van der Waals surface area contributed by atoms with Crippen molar-refractivity contribution in [3.8, 4) is 6.07 Å². The number of fused-ring (bicyclic) bond motifs is 3. The van der Waals surface area contributed by atoms with Gasteiger partial charge in [-0.3, -0.25) is 4.90 Å². The van der Waals surface area contributed by atoms with Gasteiger partial charge >= 0.3 is 0 Å². The van der Waals surface area contributed by atoms with E-state index in [-0.39, 0.29) is 12.1 Å². The fourth-order valence-electron chi connectivity index (χ4n) is 3.70. The summed E-state index contributed by atoms with van der Waals surface area (Å²) in [6, 6.07) is 21.4. The molecule has 1 aliphatic heterocycles. The molecule has 1 aromatic heterocycles. The second-order valence-electron chi connectivity index (χ2n) is 6.25. The topological polar surface area (TPSA) is 42.8 Å². The maximum atomic E-state index is 9.69. The number of nitrogens with zero attached hydrogens (tertiary/aromatic N) is 2. The predicted octanol–water partition coefficient (Wildman–Crippen LogP) is 4.18. The van der Waals surface area contributed by atoms with Gasteiger partial charge in [0.15, 0.2) is 0 Å². The lowest BCUT2D eigenvalue weighted by Crippen LogP contribution is -2.41. The number of hydrogen-bond donors (Lipinski definition) is 1. The van der Waals surface area contributed by atoms with Gasteiger partial charge in [-0.1, -0.05) is 48.5 Å². The number of benzene rings is 2. The Balaban J connectivity index is 1.76. The van der Waals surface area contributed by atoms with Gasteiger partial charge in [0.05, 0.1) is 6.07 Å². The molecule has 0 aliphatic carbocycles. The molecule has 0 fully saturated rings. The van der Waals surface area contributed by atoms with Crippen LogP contribution in [0.1, 0.15) is 29.8 Å². The fraction of sp³-hybridized carbons (Fsp3) is 0.250. The highest BCUT2D eigenvalue weighted by Crippen LogP contribution is 2.37. The van der Waals surface area contributed by atoms with E-state index in [0.717, 1.165) is 13.0 Å². The van der Waals surface area contributed by atoms with Gasteiger partial charge < -0.3 is 4.98 Å². The van der Waals surface area contributed by atoms with Gasteiger partial charge in [-0.2, -0.15) is 5.26 Å². The summed E-state index contributed by atoms with van der Waals surface area (Å²) in [5.74, 6) is 0.